The third-order valence-corrected chi connectivity index (χ3v) is 4.23. The van der Waals surface area contributed by atoms with Crippen LogP contribution in [0.25, 0.3) is 0 Å². The van der Waals surface area contributed by atoms with Crippen molar-refractivity contribution >= 4 is 22.2 Å². The van der Waals surface area contributed by atoms with Crippen molar-refractivity contribution in [3.05, 3.63) is 16.0 Å². The molecule has 1 aliphatic rings. The molecule has 1 aromatic heterocycles. The van der Waals surface area contributed by atoms with Crippen LogP contribution in [0, 0.1) is 17.2 Å². The Morgan fingerprint density at radius 1 is 1.71 bits per heavy atom. The normalized spacial score (nSPS) is 18.3. The highest BCUT2D eigenvalue weighted by atomic mass is 32.1. The van der Waals surface area contributed by atoms with Crippen LogP contribution in [0.2, 0.25) is 0 Å². The largest absolute Gasteiger partial charge is 0.322 e. The van der Waals surface area contributed by atoms with Gasteiger partial charge < -0.3 is 11.1 Å². The highest BCUT2D eigenvalue weighted by Crippen LogP contribution is 2.39. The van der Waals surface area contributed by atoms with Gasteiger partial charge in [-0.2, -0.15) is 5.26 Å². The van der Waals surface area contributed by atoms with E-state index in [0.717, 1.165) is 24.8 Å². The molecule has 0 aliphatic heterocycles. The molecule has 1 amide bonds. The minimum absolute atomic E-state index is 0.0517. The molecule has 0 aromatic carbocycles. The molecule has 1 aliphatic carbocycles. The van der Waals surface area contributed by atoms with Gasteiger partial charge in [-0.25, -0.2) is 0 Å². The number of carbonyl (C=O) groups excluding carboxylic acids is 1. The van der Waals surface area contributed by atoms with Crippen molar-refractivity contribution in [3.8, 4) is 6.07 Å². The minimum Gasteiger partial charge on any atom is -0.322 e. The fourth-order valence-electron chi connectivity index (χ4n) is 2.13. The first-order valence-electron chi connectivity index (χ1n) is 5.70. The number of thiophene rings is 1. The Morgan fingerprint density at radius 2 is 2.47 bits per heavy atom. The van der Waals surface area contributed by atoms with Crippen LogP contribution in [-0.2, 0) is 17.6 Å². The predicted octanol–water partition coefficient (Wildman–Crippen LogP) is 1.64. The number of nitrogens with zero attached hydrogens (tertiary/aromatic N) is 1. The first-order chi connectivity index (χ1) is 8.15. The van der Waals surface area contributed by atoms with Gasteiger partial charge in [0.15, 0.2) is 0 Å². The summed E-state index contributed by atoms with van der Waals surface area (Å²) in [7, 11) is 0. The van der Waals surface area contributed by atoms with Crippen molar-refractivity contribution in [1.82, 2.24) is 0 Å². The molecule has 0 fully saturated rings. The molecule has 0 saturated heterocycles. The molecule has 5 heteroatoms. The number of nitrogens with one attached hydrogen (secondary N) is 1. The third-order valence-electron chi connectivity index (χ3n) is 3.06. The van der Waals surface area contributed by atoms with Crippen molar-refractivity contribution in [1.29, 1.82) is 5.26 Å². The maximum atomic E-state index is 11.3. The molecule has 1 atom stereocenters. The van der Waals surface area contributed by atoms with Crippen molar-refractivity contribution in [2.75, 3.05) is 11.9 Å². The summed E-state index contributed by atoms with van der Waals surface area (Å²) >= 11 is 1.52. The lowest BCUT2D eigenvalue weighted by atomic mass is 9.89. The Balaban J connectivity index is 2.34. The number of anilines is 1. The van der Waals surface area contributed by atoms with E-state index in [1.165, 1.54) is 16.2 Å². The summed E-state index contributed by atoms with van der Waals surface area (Å²) in [4.78, 5) is 12.5. The van der Waals surface area contributed by atoms with Gasteiger partial charge in [-0.3, -0.25) is 4.79 Å². The summed E-state index contributed by atoms with van der Waals surface area (Å²) in [6.45, 7) is 2.16. The number of hydrogen-bond acceptors (Lipinski definition) is 4. The highest BCUT2D eigenvalue weighted by Gasteiger charge is 2.24. The van der Waals surface area contributed by atoms with E-state index in [-0.39, 0.29) is 12.5 Å². The van der Waals surface area contributed by atoms with Crippen LogP contribution in [0.1, 0.15) is 29.3 Å². The van der Waals surface area contributed by atoms with E-state index in [9.17, 15) is 10.1 Å². The molecule has 0 bridgehead atoms. The van der Waals surface area contributed by atoms with Gasteiger partial charge in [0.1, 0.15) is 11.1 Å². The highest BCUT2D eigenvalue weighted by molar-refractivity contribution is 7.16. The molecule has 17 heavy (non-hydrogen) atoms. The SMILES string of the molecule is CC1CCc2c(sc(NC(=O)CN)c2C#N)C1. The molecule has 4 nitrogen and oxygen atoms in total. The van der Waals surface area contributed by atoms with E-state index in [0.29, 0.717) is 16.5 Å². The first kappa shape index (κ1) is 12.1. The summed E-state index contributed by atoms with van der Waals surface area (Å²) in [5.74, 6) is 0.416. The number of carbonyl (C=O) groups is 1. The van der Waals surface area contributed by atoms with Gasteiger partial charge in [0.25, 0.3) is 0 Å². The standard InChI is InChI=1S/C12H15N3OS/c1-7-2-3-8-9(5-13)12(15-11(16)6-14)17-10(8)4-7/h7H,2-4,6,14H2,1H3,(H,15,16). The molecule has 3 N–H and O–H groups in total. The molecule has 2 rings (SSSR count). The summed E-state index contributed by atoms with van der Waals surface area (Å²) in [6, 6.07) is 2.20. The lowest BCUT2D eigenvalue weighted by Gasteiger charge is -2.17. The van der Waals surface area contributed by atoms with Crippen LogP contribution in [0.3, 0.4) is 0 Å². The number of rotatable bonds is 2. The van der Waals surface area contributed by atoms with E-state index >= 15 is 0 Å². The Kier molecular flexibility index (Phi) is 3.46. The fraction of sp³-hybridized carbons (Fsp3) is 0.500. The lowest BCUT2D eigenvalue weighted by molar-refractivity contribution is -0.114. The molecule has 1 heterocycles. The number of nitriles is 1. The van der Waals surface area contributed by atoms with E-state index in [1.54, 1.807) is 0 Å². The second kappa shape index (κ2) is 4.86. The maximum Gasteiger partial charge on any atom is 0.238 e. The van der Waals surface area contributed by atoms with Crippen LogP contribution in [0.5, 0.6) is 0 Å². The monoisotopic (exact) mass is 249 g/mol. The second-order valence-electron chi connectivity index (χ2n) is 4.42. The van der Waals surface area contributed by atoms with Gasteiger partial charge in [-0.1, -0.05) is 6.92 Å². The van der Waals surface area contributed by atoms with Crippen molar-refractivity contribution in [2.45, 2.75) is 26.2 Å². The summed E-state index contributed by atoms with van der Waals surface area (Å²) in [5.41, 5.74) is 7.03. The van der Waals surface area contributed by atoms with E-state index in [1.807, 2.05) is 0 Å². The van der Waals surface area contributed by atoms with Crippen LogP contribution < -0.4 is 11.1 Å². The van der Waals surface area contributed by atoms with Gasteiger partial charge in [0.05, 0.1) is 12.1 Å². The first-order valence-corrected chi connectivity index (χ1v) is 6.52. The molecule has 0 saturated carbocycles. The van der Waals surface area contributed by atoms with E-state index in [2.05, 4.69) is 18.3 Å². The molecule has 1 unspecified atom stereocenters. The van der Waals surface area contributed by atoms with Gasteiger partial charge in [-0.15, -0.1) is 11.3 Å². The fourth-order valence-corrected chi connectivity index (χ4v) is 3.51. The van der Waals surface area contributed by atoms with Crippen LogP contribution in [0.4, 0.5) is 5.00 Å². The van der Waals surface area contributed by atoms with Crippen LogP contribution in [-0.4, -0.2) is 12.5 Å². The molecule has 0 radical (unpaired) electrons. The van der Waals surface area contributed by atoms with Gasteiger partial charge in [0, 0.05) is 4.88 Å². The lowest BCUT2D eigenvalue weighted by Crippen LogP contribution is -2.21. The molecule has 90 valence electrons. The summed E-state index contributed by atoms with van der Waals surface area (Å²) < 4.78 is 0. The number of fused-ring (bicyclic) bond motifs is 1. The minimum atomic E-state index is -0.242. The Labute approximate surface area is 104 Å². The van der Waals surface area contributed by atoms with Gasteiger partial charge in [0.2, 0.25) is 5.91 Å². The summed E-state index contributed by atoms with van der Waals surface area (Å²) in [6.07, 6.45) is 3.06. The Bertz CT molecular complexity index is 487. The average Bonchev–Trinajstić information content (AvgIpc) is 2.64. The van der Waals surface area contributed by atoms with Crippen molar-refractivity contribution in [3.63, 3.8) is 0 Å². The van der Waals surface area contributed by atoms with Gasteiger partial charge >= 0.3 is 0 Å². The van der Waals surface area contributed by atoms with Crippen molar-refractivity contribution < 1.29 is 4.79 Å². The Hall–Kier alpha value is -1.38. The molecular formula is C12H15N3OS. The number of nitrogens with two attached hydrogens (primary N) is 1. The van der Waals surface area contributed by atoms with Crippen LogP contribution in [0.15, 0.2) is 0 Å². The topological polar surface area (TPSA) is 78.9 Å². The molecule has 1 aromatic rings. The zero-order valence-corrected chi connectivity index (χ0v) is 10.6. The number of hydrogen-bond donors (Lipinski definition) is 2. The summed E-state index contributed by atoms with van der Waals surface area (Å²) in [5, 5.41) is 12.6. The molecule has 0 spiro atoms. The third kappa shape index (κ3) is 2.33. The van der Waals surface area contributed by atoms with Crippen molar-refractivity contribution in [2.24, 2.45) is 11.7 Å². The maximum absolute atomic E-state index is 11.3. The van der Waals surface area contributed by atoms with Gasteiger partial charge in [-0.05, 0) is 30.7 Å². The average molecular weight is 249 g/mol. The zero-order chi connectivity index (χ0) is 12.4. The number of amides is 1. The quantitative estimate of drug-likeness (QED) is 0.836. The smallest absolute Gasteiger partial charge is 0.238 e. The van der Waals surface area contributed by atoms with E-state index in [4.69, 9.17) is 5.73 Å². The van der Waals surface area contributed by atoms with E-state index < -0.39 is 0 Å². The predicted molar refractivity (Wildman–Crippen MR) is 67.9 cm³/mol. The second-order valence-corrected chi connectivity index (χ2v) is 5.53. The van der Waals surface area contributed by atoms with Crippen LogP contribution >= 0.6 is 11.3 Å². The molecular weight excluding hydrogens is 234 g/mol. The Morgan fingerprint density at radius 3 is 3.12 bits per heavy atom. The zero-order valence-electron chi connectivity index (χ0n) is 9.75.